The van der Waals surface area contributed by atoms with E-state index in [-0.39, 0.29) is 0 Å². The molecule has 0 aromatic rings. The molecule has 0 atom stereocenters. The Labute approximate surface area is 59.0 Å². The van der Waals surface area contributed by atoms with Crippen LogP contribution in [0.15, 0.2) is 0 Å². The molecule has 0 aromatic heterocycles. The van der Waals surface area contributed by atoms with Crippen LogP contribution in [0.3, 0.4) is 0 Å². The van der Waals surface area contributed by atoms with E-state index in [4.69, 9.17) is 0 Å². The van der Waals surface area contributed by atoms with Crippen molar-refractivity contribution in [1.29, 1.82) is 0 Å². The second-order valence-electron chi connectivity index (χ2n) is 2.45. The van der Waals surface area contributed by atoms with Crippen LogP contribution in [0.2, 0.25) is 0 Å². The standard InChI is InChI=1S/C7H12Se/c8-7-5-3-1-2-4-6-7/h1-6H2. The summed E-state index contributed by atoms with van der Waals surface area (Å²) in [6.45, 7) is 0. The summed E-state index contributed by atoms with van der Waals surface area (Å²) in [4.78, 5) is 0. The fourth-order valence-electron chi connectivity index (χ4n) is 1.12. The van der Waals surface area contributed by atoms with Crippen molar-refractivity contribution in [2.24, 2.45) is 0 Å². The molecule has 0 aromatic carbocycles. The summed E-state index contributed by atoms with van der Waals surface area (Å²) in [6.07, 6.45) is 8.43. The van der Waals surface area contributed by atoms with Crippen molar-refractivity contribution in [2.75, 3.05) is 0 Å². The van der Waals surface area contributed by atoms with Gasteiger partial charge in [0.05, 0.1) is 0 Å². The quantitative estimate of drug-likeness (QED) is 0.388. The first-order chi connectivity index (χ1) is 3.89. The minimum absolute atomic E-state index is 1.35. The molecule has 1 heteroatoms. The Morgan fingerprint density at radius 2 is 1.38 bits per heavy atom. The van der Waals surface area contributed by atoms with Crippen molar-refractivity contribution in [3.05, 3.63) is 0 Å². The fourth-order valence-corrected chi connectivity index (χ4v) is 1.73. The SMILES string of the molecule is [Se]=C1CCCCCC1. The molecule has 0 radical (unpaired) electrons. The number of hydrogen-bond donors (Lipinski definition) is 0. The average Bonchev–Trinajstić information content (AvgIpc) is 1.94. The van der Waals surface area contributed by atoms with Crippen LogP contribution >= 0.6 is 0 Å². The van der Waals surface area contributed by atoms with Crippen molar-refractivity contribution < 1.29 is 0 Å². The maximum absolute atomic E-state index is 3.14. The summed E-state index contributed by atoms with van der Waals surface area (Å²) >= 11 is 3.14. The summed E-state index contributed by atoms with van der Waals surface area (Å²) < 4.78 is 1.60. The maximum atomic E-state index is 3.14. The molecule has 1 rings (SSSR count). The van der Waals surface area contributed by atoms with Gasteiger partial charge in [-0.05, 0) is 0 Å². The molecule has 1 fully saturated rings. The molecule has 1 saturated carbocycles. The number of rotatable bonds is 0. The van der Waals surface area contributed by atoms with E-state index in [2.05, 4.69) is 15.6 Å². The van der Waals surface area contributed by atoms with Crippen LogP contribution in [0.5, 0.6) is 0 Å². The third kappa shape index (κ3) is 2.11. The van der Waals surface area contributed by atoms with E-state index >= 15 is 0 Å². The van der Waals surface area contributed by atoms with Gasteiger partial charge in [0.25, 0.3) is 0 Å². The van der Waals surface area contributed by atoms with Crippen molar-refractivity contribution >= 4 is 20.0 Å². The Balaban J connectivity index is 2.27. The topological polar surface area (TPSA) is 0 Å². The van der Waals surface area contributed by atoms with Crippen LogP contribution in [0.25, 0.3) is 0 Å². The van der Waals surface area contributed by atoms with Crippen LogP contribution in [0.1, 0.15) is 38.5 Å². The van der Waals surface area contributed by atoms with E-state index in [9.17, 15) is 0 Å². The van der Waals surface area contributed by atoms with Gasteiger partial charge in [0, 0.05) is 0 Å². The van der Waals surface area contributed by atoms with Crippen molar-refractivity contribution in [2.45, 2.75) is 38.5 Å². The molecule has 0 aliphatic heterocycles. The van der Waals surface area contributed by atoms with Crippen LogP contribution < -0.4 is 0 Å². The van der Waals surface area contributed by atoms with Crippen molar-refractivity contribution in [3.8, 4) is 0 Å². The van der Waals surface area contributed by atoms with Gasteiger partial charge in [-0.2, -0.15) is 0 Å². The summed E-state index contributed by atoms with van der Waals surface area (Å²) in [5.41, 5.74) is 0. The van der Waals surface area contributed by atoms with E-state index in [1.165, 1.54) is 38.5 Å². The predicted molar refractivity (Wildman–Crippen MR) is 38.5 cm³/mol. The fraction of sp³-hybridized carbons (Fsp3) is 0.857. The molecule has 0 nitrogen and oxygen atoms in total. The molecule has 0 spiro atoms. The van der Waals surface area contributed by atoms with Crippen LogP contribution in [-0.4, -0.2) is 20.0 Å². The molecular weight excluding hydrogens is 163 g/mol. The second kappa shape index (κ2) is 3.42. The van der Waals surface area contributed by atoms with Gasteiger partial charge in [0.2, 0.25) is 0 Å². The van der Waals surface area contributed by atoms with Crippen LogP contribution in [0, 0.1) is 0 Å². The molecule has 0 unspecified atom stereocenters. The Morgan fingerprint density at radius 1 is 0.875 bits per heavy atom. The molecular formula is C7H12Se. The molecule has 0 saturated heterocycles. The zero-order valence-electron chi connectivity index (χ0n) is 5.15. The van der Waals surface area contributed by atoms with Crippen LogP contribution in [-0.2, 0) is 0 Å². The van der Waals surface area contributed by atoms with Crippen molar-refractivity contribution in [1.82, 2.24) is 0 Å². The molecule has 0 amide bonds. The van der Waals surface area contributed by atoms with E-state index < -0.39 is 0 Å². The molecule has 46 valence electrons. The van der Waals surface area contributed by atoms with Crippen LogP contribution in [0.4, 0.5) is 0 Å². The number of hydrogen-bond acceptors (Lipinski definition) is 0. The Kier molecular flexibility index (Phi) is 2.78. The van der Waals surface area contributed by atoms with Gasteiger partial charge in [-0.3, -0.25) is 0 Å². The molecule has 0 N–H and O–H groups in total. The van der Waals surface area contributed by atoms with E-state index in [1.807, 2.05) is 0 Å². The monoisotopic (exact) mass is 176 g/mol. The predicted octanol–water partition coefficient (Wildman–Crippen LogP) is 1.68. The molecule has 0 heterocycles. The van der Waals surface area contributed by atoms with Gasteiger partial charge < -0.3 is 0 Å². The first kappa shape index (κ1) is 6.51. The molecule has 8 heavy (non-hydrogen) atoms. The molecule has 0 bridgehead atoms. The Hall–Kier alpha value is 0.389. The first-order valence-corrected chi connectivity index (χ1v) is 4.27. The van der Waals surface area contributed by atoms with E-state index in [1.54, 1.807) is 4.42 Å². The summed E-state index contributed by atoms with van der Waals surface area (Å²) in [5.74, 6) is 0. The normalized spacial score (nSPS) is 22.8. The van der Waals surface area contributed by atoms with Gasteiger partial charge >= 0.3 is 58.5 Å². The van der Waals surface area contributed by atoms with Crippen molar-refractivity contribution in [3.63, 3.8) is 0 Å². The van der Waals surface area contributed by atoms with E-state index in [0.29, 0.717) is 0 Å². The van der Waals surface area contributed by atoms with Gasteiger partial charge in [-0.25, -0.2) is 0 Å². The Bertz CT molecular complexity index is 76.4. The summed E-state index contributed by atoms with van der Waals surface area (Å²) in [7, 11) is 0. The Morgan fingerprint density at radius 3 is 1.88 bits per heavy atom. The summed E-state index contributed by atoms with van der Waals surface area (Å²) in [6, 6.07) is 0. The average molecular weight is 175 g/mol. The van der Waals surface area contributed by atoms with Gasteiger partial charge in [-0.1, -0.05) is 0 Å². The zero-order valence-corrected chi connectivity index (χ0v) is 6.86. The van der Waals surface area contributed by atoms with Gasteiger partial charge in [-0.15, -0.1) is 0 Å². The van der Waals surface area contributed by atoms with Gasteiger partial charge in [0.1, 0.15) is 0 Å². The zero-order chi connectivity index (χ0) is 5.82. The van der Waals surface area contributed by atoms with Gasteiger partial charge in [0.15, 0.2) is 0 Å². The molecule has 1 aliphatic carbocycles. The first-order valence-electron chi connectivity index (χ1n) is 3.41. The second-order valence-corrected chi connectivity index (χ2v) is 3.66. The third-order valence-electron chi connectivity index (χ3n) is 1.66. The van der Waals surface area contributed by atoms with E-state index in [0.717, 1.165) is 0 Å². The minimum atomic E-state index is 1.35. The molecule has 1 aliphatic rings. The third-order valence-corrected chi connectivity index (χ3v) is 2.52. The summed E-state index contributed by atoms with van der Waals surface area (Å²) in [5, 5.41) is 0.